The number of anilines is 2. The highest BCUT2D eigenvalue weighted by Gasteiger charge is 2.15. The Kier molecular flexibility index (Phi) is 4.03. The van der Waals surface area contributed by atoms with Gasteiger partial charge in [0.2, 0.25) is 0 Å². The number of aryl methyl sites for hydroxylation is 1. The van der Waals surface area contributed by atoms with Crippen molar-refractivity contribution < 1.29 is 0 Å². The van der Waals surface area contributed by atoms with Crippen LogP contribution in [0.2, 0.25) is 0 Å². The molecule has 0 saturated carbocycles. The van der Waals surface area contributed by atoms with Crippen molar-refractivity contribution in [1.82, 2.24) is 19.5 Å². The van der Waals surface area contributed by atoms with E-state index in [4.69, 9.17) is 4.98 Å². The van der Waals surface area contributed by atoms with Gasteiger partial charge in [-0.2, -0.15) is 0 Å². The Morgan fingerprint density at radius 2 is 1.80 bits per heavy atom. The number of hydrogen-bond donors (Lipinski definition) is 1. The number of hydrogen-bond acceptors (Lipinski definition) is 5. The van der Waals surface area contributed by atoms with E-state index in [1.54, 1.807) is 17.5 Å². The second kappa shape index (κ2) is 6.49. The molecule has 0 radical (unpaired) electrons. The Morgan fingerprint density at radius 1 is 1.00 bits per heavy atom. The Morgan fingerprint density at radius 3 is 2.52 bits per heavy atom. The highest BCUT2D eigenvalue weighted by Crippen LogP contribution is 2.31. The van der Waals surface area contributed by atoms with Crippen LogP contribution in [0.4, 0.5) is 10.9 Å². The van der Waals surface area contributed by atoms with Crippen molar-refractivity contribution in [3.8, 4) is 17.1 Å². The first kappa shape index (κ1) is 15.5. The number of aromatic nitrogens is 4. The molecule has 0 bridgehead atoms. The summed E-state index contributed by atoms with van der Waals surface area (Å²) >= 11 is 1.57. The lowest BCUT2D eigenvalue weighted by Gasteiger charge is -2.08. The fourth-order valence-electron chi connectivity index (χ4n) is 2.86. The lowest BCUT2D eigenvalue weighted by atomic mass is 10.2. The van der Waals surface area contributed by atoms with Crippen LogP contribution in [0.25, 0.3) is 17.1 Å². The van der Waals surface area contributed by atoms with Crippen molar-refractivity contribution in [2.24, 2.45) is 0 Å². The van der Waals surface area contributed by atoms with Gasteiger partial charge in [0.15, 0.2) is 5.13 Å². The third-order valence-corrected chi connectivity index (χ3v) is 4.75. The van der Waals surface area contributed by atoms with E-state index in [2.05, 4.69) is 45.1 Å². The minimum atomic E-state index is 0.794. The molecule has 4 rings (SSSR count). The first-order valence-corrected chi connectivity index (χ1v) is 8.84. The quantitative estimate of drug-likeness (QED) is 0.579. The summed E-state index contributed by atoms with van der Waals surface area (Å²) in [5.41, 5.74) is 4.34. The lowest BCUT2D eigenvalue weighted by Crippen LogP contribution is -2.01. The van der Waals surface area contributed by atoms with Gasteiger partial charge in [-0.15, -0.1) is 11.3 Å². The van der Waals surface area contributed by atoms with Gasteiger partial charge in [-0.3, -0.25) is 0 Å². The molecular formula is C19H17N5S. The Balaban J connectivity index is 1.67. The average Bonchev–Trinajstić information content (AvgIpc) is 3.21. The van der Waals surface area contributed by atoms with E-state index in [9.17, 15) is 0 Å². The topological polar surface area (TPSA) is 55.6 Å². The minimum Gasteiger partial charge on any atom is -0.316 e. The molecule has 4 aromatic rings. The maximum Gasteiger partial charge on any atom is 0.188 e. The number of rotatable bonds is 4. The maximum absolute atomic E-state index is 4.72. The molecule has 0 unspecified atom stereocenters. The summed E-state index contributed by atoms with van der Waals surface area (Å²) in [6.07, 6.45) is 3.57. The zero-order valence-electron chi connectivity index (χ0n) is 14.0. The number of nitrogens with zero attached hydrogens (tertiary/aromatic N) is 4. The first-order chi connectivity index (χ1) is 12.2. The van der Waals surface area contributed by atoms with Crippen molar-refractivity contribution >= 4 is 22.3 Å². The molecule has 4 heterocycles. The van der Waals surface area contributed by atoms with Gasteiger partial charge in [-0.05, 0) is 44.2 Å². The van der Waals surface area contributed by atoms with E-state index in [-0.39, 0.29) is 0 Å². The molecule has 0 amide bonds. The smallest absolute Gasteiger partial charge is 0.188 e. The molecule has 124 valence electrons. The summed E-state index contributed by atoms with van der Waals surface area (Å²) in [7, 11) is 0. The standard InChI is InChI=1S/C19H17N5S/c1-13-11-15(14(2)24(13)18-8-4-6-10-21-18)16-12-25-19(22-16)23-17-7-3-5-9-20-17/h3-12H,1-2H3,(H,20,22,23). The Labute approximate surface area is 150 Å². The van der Waals surface area contributed by atoms with Gasteiger partial charge in [-0.1, -0.05) is 12.1 Å². The molecule has 0 fully saturated rings. The van der Waals surface area contributed by atoms with E-state index in [0.29, 0.717) is 0 Å². The van der Waals surface area contributed by atoms with Gasteiger partial charge < -0.3 is 9.88 Å². The van der Waals surface area contributed by atoms with E-state index in [0.717, 1.165) is 39.4 Å². The first-order valence-electron chi connectivity index (χ1n) is 7.96. The van der Waals surface area contributed by atoms with Crippen LogP contribution < -0.4 is 5.32 Å². The van der Waals surface area contributed by atoms with E-state index in [1.807, 2.05) is 42.6 Å². The van der Waals surface area contributed by atoms with Crippen LogP contribution >= 0.6 is 11.3 Å². The van der Waals surface area contributed by atoms with Crippen LogP contribution in [0.15, 0.2) is 60.2 Å². The van der Waals surface area contributed by atoms with Crippen LogP contribution in [-0.4, -0.2) is 19.5 Å². The molecule has 0 atom stereocenters. The zero-order chi connectivity index (χ0) is 17.2. The van der Waals surface area contributed by atoms with Gasteiger partial charge in [0.1, 0.15) is 11.6 Å². The van der Waals surface area contributed by atoms with Gasteiger partial charge in [0, 0.05) is 34.7 Å². The fourth-order valence-corrected chi connectivity index (χ4v) is 3.58. The highest BCUT2D eigenvalue weighted by atomic mass is 32.1. The van der Waals surface area contributed by atoms with Gasteiger partial charge in [-0.25, -0.2) is 15.0 Å². The van der Waals surface area contributed by atoms with Crippen LogP contribution in [0.3, 0.4) is 0 Å². The largest absolute Gasteiger partial charge is 0.316 e. The predicted octanol–water partition coefficient (Wildman–Crippen LogP) is 4.75. The lowest BCUT2D eigenvalue weighted by molar-refractivity contribution is 0.923. The molecule has 0 spiro atoms. The second-order valence-corrected chi connectivity index (χ2v) is 6.54. The van der Waals surface area contributed by atoms with Crippen molar-refractivity contribution in [2.75, 3.05) is 5.32 Å². The molecule has 0 aliphatic carbocycles. The summed E-state index contributed by atoms with van der Waals surface area (Å²) in [6.45, 7) is 4.19. The third kappa shape index (κ3) is 3.04. The maximum atomic E-state index is 4.72. The Bertz CT molecular complexity index is 989. The molecule has 25 heavy (non-hydrogen) atoms. The number of thiazole rings is 1. The van der Waals surface area contributed by atoms with Crippen molar-refractivity contribution in [1.29, 1.82) is 0 Å². The van der Waals surface area contributed by atoms with E-state index >= 15 is 0 Å². The van der Waals surface area contributed by atoms with Gasteiger partial charge in [0.05, 0.1) is 5.69 Å². The fraction of sp³-hybridized carbons (Fsp3) is 0.105. The summed E-state index contributed by atoms with van der Waals surface area (Å²) < 4.78 is 2.15. The molecule has 0 saturated heterocycles. The number of nitrogens with one attached hydrogen (secondary N) is 1. The van der Waals surface area contributed by atoms with Crippen LogP contribution in [-0.2, 0) is 0 Å². The van der Waals surface area contributed by atoms with Crippen LogP contribution in [0, 0.1) is 13.8 Å². The molecule has 4 aromatic heterocycles. The average molecular weight is 347 g/mol. The van der Waals surface area contributed by atoms with E-state index < -0.39 is 0 Å². The predicted molar refractivity (Wildman–Crippen MR) is 102 cm³/mol. The molecular weight excluding hydrogens is 330 g/mol. The molecule has 0 aromatic carbocycles. The summed E-state index contributed by atoms with van der Waals surface area (Å²) in [6, 6.07) is 13.9. The summed E-state index contributed by atoms with van der Waals surface area (Å²) in [5.74, 6) is 1.72. The summed E-state index contributed by atoms with van der Waals surface area (Å²) in [4.78, 5) is 13.5. The number of pyridine rings is 2. The van der Waals surface area contributed by atoms with Crippen molar-refractivity contribution in [3.05, 3.63) is 71.6 Å². The Hall–Kier alpha value is -2.99. The summed E-state index contributed by atoms with van der Waals surface area (Å²) in [5, 5.41) is 6.14. The third-order valence-electron chi connectivity index (χ3n) is 3.99. The highest BCUT2D eigenvalue weighted by molar-refractivity contribution is 7.14. The molecule has 5 nitrogen and oxygen atoms in total. The van der Waals surface area contributed by atoms with Crippen molar-refractivity contribution in [3.63, 3.8) is 0 Å². The van der Waals surface area contributed by atoms with Crippen LogP contribution in [0.5, 0.6) is 0 Å². The zero-order valence-corrected chi connectivity index (χ0v) is 14.8. The second-order valence-electron chi connectivity index (χ2n) is 5.69. The minimum absolute atomic E-state index is 0.794. The van der Waals surface area contributed by atoms with Gasteiger partial charge in [0.25, 0.3) is 0 Å². The monoisotopic (exact) mass is 347 g/mol. The normalized spacial score (nSPS) is 10.8. The SMILES string of the molecule is Cc1cc(-c2csc(Nc3ccccn3)n2)c(C)n1-c1ccccn1. The van der Waals surface area contributed by atoms with E-state index in [1.165, 1.54) is 0 Å². The molecule has 0 aliphatic heterocycles. The van der Waals surface area contributed by atoms with Gasteiger partial charge >= 0.3 is 0 Å². The molecule has 0 aliphatic rings. The van der Waals surface area contributed by atoms with Crippen LogP contribution in [0.1, 0.15) is 11.4 Å². The van der Waals surface area contributed by atoms with Crippen molar-refractivity contribution in [2.45, 2.75) is 13.8 Å². The molecule has 6 heteroatoms. The molecule has 1 N–H and O–H groups in total.